The zero-order chi connectivity index (χ0) is 28.6. The SMILES string of the molecule is c1ccc(C(Cc2ccc(-c3cccc4ccc5c(c6ccccc6n5-c5ccccc5)c34)cc2)c2ccccc2)cc1. The van der Waals surface area contributed by atoms with Gasteiger partial charge in [-0.1, -0.05) is 146 Å². The first-order valence-electron chi connectivity index (χ1n) is 15.0. The summed E-state index contributed by atoms with van der Waals surface area (Å²) >= 11 is 0. The van der Waals surface area contributed by atoms with E-state index in [1.807, 2.05) is 0 Å². The number of hydrogen-bond donors (Lipinski definition) is 0. The monoisotopic (exact) mass is 549 g/mol. The molecule has 0 saturated heterocycles. The molecule has 0 aliphatic heterocycles. The van der Waals surface area contributed by atoms with Gasteiger partial charge in [0, 0.05) is 22.4 Å². The summed E-state index contributed by atoms with van der Waals surface area (Å²) in [5, 5.41) is 5.16. The van der Waals surface area contributed by atoms with Crippen LogP contribution >= 0.6 is 0 Å². The van der Waals surface area contributed by atoms with E-state index in [0.717, 1.165) is 6.42 Å². The maximum Gasteiger partial charge on any atom is 0.0547 e. The second-order valence-electron chi connectivity index (χ2n) is 11.3. The molecule has 0 fully saturated rings. The van der Waals surface area contributed by atoms with E-state index in [0.29, 0.717) is 5.92 Å². The summed E-state index contributed by atoms with van der Waals surface area (Å²) < 4.78 is 2.40. The third kappa shape index (κ3) is 4.51. The van der Waals surface area contributed by atoms with Gasteiger partial charge in [0.25, 0.3) is 0 Å². The number of benzene rings is 7. The van der Waals surface area contributed by atoms with E-state index in [-0.39, 0.29) is 0 Å². The van der Waals surface area contributed by atoms with Crippen LogP contribution in [0.2, 0.25) is 0 Å². The van der Waals surface area contributed by atoms with Crippen molar-refractivity contribution >= 4 is 32.6 Å². The van der Waals surface area contributed by atoms with Gasteiger partial charge in [0.2, 0.25) is 0 Å². The van der Waals surface area contributed by atoms with Gasteiger partial charge in [-0.25, -0.2) is 0 Å². The molecule has 204 valence electrons. The summed E-state index contributed by atoms with van der Waals surface area (Å²) in [4.78, 5) is 0. The summed E-state index contributed by atoms with van der Waals surface area (Å²) in [6, 6.07) is 61.8. The summed E-state index contributed by atoms with van der Waals surface area (Å²) in [6.45, 7) is 0. The Balaban J connectivity index is 1.26. The topological polar surface area (TPSA) is 4.93 Å². The first-order valence-corrected chi connectivity index (χ1v) is 15.0. The highest BCUT2D eigenvalue weighted by molar-refractivity contribution is 6.24. The molecule has 0 aliphatic rings. The highest BCUT2D eigenvalue weighted by Crippen LogP contribution is 2.41. The molecule has 0 N–H and O–H groups in total. The standard InChI is InChI=1S/C42H31N/c1-4-13-31(14-5-1)38(32-15-6-2-7-16-32)29-30-23-25-33(26-24-30)36-21-12-17-34-27-28-40-42(41(34)36)37-20-10-11-22-39(37)43(40)35-18-8-3-9-19-35/h1-28,38H,29H2. The molecule has 43 heavy (non-hydrogen) atoms. The van der Waals surface area contributed by atoms with Crippen LogP contribution in [-0.4, -0.2) is 4.57 Å². The number of hydrogen-bond acceptors (Lipinski definition) is 0. The molecule has 1 heterocycles. The van der Waals surface area contributed by atoms with Crippen molar-refractivity contribution in [1.29, 1.82) is 0 Å². The molecule has 7 aromatic carbocycles. The zero-order valence-corrected chi connectivity index (χ0v) is 23.9. The van der Waals surface area contributed by atoms with Gasteiger partial charge in [-0.05, 0) is 69.3 Å². The largest absolute Gasteiger partial charge is 0.309 e. The number of nitrogens with zero attached hydrogens (tertiary/aromatic N) is 1. The van der Waals surface area contributed by atoms with Crippen molar-refractivity contribution in [3.05, 3.63) is 187 Å². The number of fused-ring (bicyclic) bond motifs is 5. The molecular formula is C42H31N. The summed E-state index contributed by atoms with van der Waals surface area (Å²) in [7, 11) is 0. The van der Waals surface area contributed by atoms with Crippen LogP contribution in [0, 0.1) is 0 Å². The van der Waals surface area contributed by atoms with Crippen molar-refractivity contribution in [2.45, 2.75) is 12.3 Å². The fraction of sp³-hybridized carbons (Fsp3) is 0.0476. The Hall–Kier alpha value is -5.40. The average Bonchev–Trinajstić information content (AvgIpc) is 3.43. The zero-order valence-electron chi connectivity index (χ0n) is 23.9. The lowest BCUT2D eigenvalue weighted by Crippen LogP contribution is -2.05. The molecule has 0 aliphatic carbocycles. The van der Waals surface area contributed by atoms with Crippen molar-refractivity contribution in [2.75, 3.05) is 0 Å². The molecule has 8 aromatic rings. The maximum atomic E-state index is 2.40. The first-order chi connectivity index (χ1) is 21.3. The number of aromatic nitrogens is 1. The lowest BCUT2D eigenvalue weighted by molar-refractivity contribution is 0.805. The molecule has 1 nitrogen and oxygen atoms in total. The lowest BCUT2D eigenvalue weighted by atomic mass is 9.85. The Kier molecular flexibility index (Phi) is 6.35. The molecule has 1 heteroatoms. The van der Waals surface area contributed by atoms with E-state index in [9.17, 15) is 0 Å². The van der Waals surface area contributed by atoms with Crippen molar-refractivity contribution in [3.8, 4) is 16.8 Å². The van der Waals surface area contributed by atoms with Crippen LogP contribution in [0.15, 0.2) is 170 Å². The highest BCUT2D eigenvalue weighted by atomic mass is 15.0. The molecule has 0 spiro atoms. The van der Waals surface area contributed by atoms with Gasteiger partial charge in [-0.15, -0.1) is 0 Å². The quantitative estimate of drug-likeness (QED) is 0.194. The minimum atomic E-state index is 0.314. The van der Waals surface area contributed by atoms with Crippen molar-refractivity contribution in [1.82, 2.24) is 4.57 Å². The van der Waals surface area contributed by atoms with Gasteiger partial charge in [-0.3, -0.25) is 0 Å². The van der Waals surface area contributed by atoms with Crippen LogP contribution < -0.4 is 0 Å². The third-order valence-electron chi connectivity index (χ3n) is 8.80. The van der Waals surface area contributed by atoms with Crippen LogP contribution in [0.25, 0.3) is 49.4 Å². The Bertz CT molecular complexity index is 2140. The normalized spacial score (nSPS) is 11.6. The molecule has 0 saturated carbocycles. The van der Waals surface area contributed by atoms with Crippen molar-refractivity contribution in [2.24, 2.45) is 0 Å². The molecular weight excluding hydrogens is 518 g/mol. The first kappa shape index (κ1) is 25.3. The molecule has 0 bridgehead atoms. The van der Waals surface area contributed by atoms with E-state index < -0.39 is 0 Å². The second kappa shape index (κ2) is 10.8. The molecule has 1 aromatic heterocycles. The van der Waals surface area contributed by atoms with Gasteiger partial charge < -0.3 is 4.57 Å². The van der Waals surface area contributed by atoms with Crippen LogP contribution in [0.1, 0.15) is 22.6 Å². The van der Waals surface area contributed by atoms with Gasteiger partial charge in [-0.2, -0.15) is 0 Å². The second-order valence-corrected chi connectivity index (χ2v) is 11.3. The van der Waals surface area contributed by atoms with E-state index in [1.54, 1.807) is 0 Å². The summed E-state index contributed by atoms with van der Waals surface area (Å²) in [6.07, 6.45) is 0.957. The van der Waals surface area contributed by atoms with Crippen molar-refractivity contribution in [3.63, 3.8) is 0 Å². The number of para-hydroxylation sites is 2. The van der Waals surface area contributed by atoms with E-state index in [1.165, 1.54) is 66.1 Å². The molecule has 0 radical (unpaired) electrons. The number of rotatable bonds is 6. The maximum absolute atomic E-state index is 2.40. The summed E-state index contributed by atoms with van der Waals surface area (Å²) in [5.74, 6) is 0.314. The Morgan fingerprint density at radius 2 is 1.07 bits per heavy atom. The van der Waals surface area contributed by atoms with E-state index in [4.69, 9.17) is 0 Å². The molecule has 0 unspecified atom stereocenters. The van der Waals surface area contributed by atoms with Crippen LogP contribution in [0.3, 0.4) is 0 Å². The predicted molar refractivity (Wildman–Crippen MR) is 182 cm³/mol. The predicted octanol–water partition coefficient (Wildman–Crippen LogP) is 11.0. The third-order valence-corrected chi connectivity index (χ3v) is 8.80. The molecule has 0 atom stereocenters. The fourth-order valence-corrected chi connectivity index (χ4v) is 6.79. The van der Waals surface area contributed by atoms with Crippen LogP contribution in [0.5, 0.6) is 0 Å². The van der Waals surface area contributed by atoms with Gasteiger partial charge in [0.1, 0.15) is 0 Å². The molecule has 8 rings (SSSR count). The Morgan fingerprint density at radius 3 is 1.77 bits per heavy atom. The Labute approximate surface area is 252 Å². The van der Waals surface area contributed by atoms with Crippen LogP contribution in [0.4, 0.5) is 0 Å². The van der Waals surface area contributed by atoms with Gasteiger partial charge >= 0.3 is 0 Å². The lowest BCUT2D eigenvalue weighted by Gasteiger charge is -2.19. The van der Waals surface area contributed by atoms with Crippen LogP contribution in [-0.2, 0) is 6.42 Å². The fourth-order valence-electron chi connectivity index (χ4n) is 6.79. The van der Waals surface area contributed by atoms with E-state index >= 15 is 0 Å². The van der Waals surface area contributed by atoms with E-state index in [2.05, 4.69) is 174 Å². The van der Waals surface area contributed by atoms with Crippen molar-refractivity contribution < 1.29 is 0 Å². The van der Waals surface area contributed by atoms with Gasteiger partial charge in [0.15, 0.2) is 0 Å². The minimum absolute atomic E-state index is 0.314. The summed E-state index contributed by atoms with van der Waals surface area (Å²) in [5.41, 5.74) is 10.2. The highest BCUT2D eigenvalue weighted by Gasteiger charge is 2.18. The Morgan fingerprint density at radius 1 is 0.442 bits per heavy atom. The minimum Gasteiger partial charge on any atom is -0.309 e. The smallest absolute Gasteiger partial charge is 0.0547 e. The average molecular weight is 550 g/mol. The molecule has 0 amide bonds. The van der Waals surface area contributed by atoms with Gasteiger partial charge in [0.05, 0.1) is 11.0 Å².